The first-order valence-electron chi connectivity index (χ1n) is 8.15. The maximum Gasteiger partial charge on any atom is 0.411 e. The second kappa shape index (κ2) is 8.31. The summed E-state index contributed by atoms with van der Waals surface area (Å²) in [5, 5.41) is 7.40. The topological polar surface area (TPSA) is 67.4 Å². The molecule has 2 aromatic carbocycles. The fourth-order valence-electron chi connectivity index (χ4n) is 2.44. The number of hydrogen-bond acceptors (Lipinski definition) is 4. The van der Waals surface area contributed by atoms with Gasteiger partial charge in [0, 0.05) is 16.9 Å². The lowest BCUT2D eigenvalue weighted by Gasteiger charge is -2.08. The highest BCUT2D eigenvalue weighted by Gasteiger charge is 2.14. The van der Waals surface area contributed by atoms with E-state index in [1.807, 2.05) is 41.8 Å². The van der Waals surface area contributed by atoms with Crippen LogP contribution < -0.4 is 10.6 Å². The maximum atomic E-state index is 12.6. The average molecular weight is 366 g/mol. The fraction of sp³-hybridized carbons (Fsp3) is 0.100. The predicted octanol–water partition coefficient (Wildman–Crippen LogP) is 5.24. The third-order valence-electron chi connectivity index (χ3n) is 3.62. The third-order valence-corrected chi connectivity index (χ3v) is 4.53. The van der Waals surface area contributed by atoms with Crippen molar-refractivity contribution in [2.45, 2.75) is 6.92 Å². The third kappa shape index (κ3) is 4.29. The van der Waals surface area contributed by atoms with E-state index >= 15 is 0 Å². The molecule has 2 amide bonds. The molecule has 0 bridgehead atoms. The SMILES string of the molecule is CCOC(=O)Nc1ccc(NC(=O)c2sccc2-c2ccccc2)cc1. The molecule has 132 valence electrons. The average Bonchev–Trinajstić information content (AvgIpc) is 3.14. The molecular formula is C20H18N2O3S. The lowest BCUT2D eigenvalue weighted by molar-refractivity contribution is 0.103. The number of anilines is 2. The van der Waals surface area contributed by atoms with Crippen LogP contribution in [0.3, 0.4) is 0 Å². The number of carbonyl (C=O) groups excluding carboxylic acids is 2. The summed E-state index contributed by atoms with van der Waals surface area (Å²) >= 11 is 1.40. The van der Waals surface area contributed by atoms with E-state index in [4.69, 9.17) is 4.74 Å². The molecule has 0 saturated carbocycles. The van der Waals surface area contributed by atoms with E-state index in [0.717, 1.165) is 11.1 Å². The minimum atomic E-state index is -0.504. The number of ether oxygens (including phenoxy) is 1. The minimum absolute atomic E-state index is 0.162. The Morgan fingerprint density at radius 1 is 0.923 bits per heavy atom. The molecule has 0 fully saturated rings. The number of hydrogen-bond donors (Lipinski definition) is 2. The molecule has 6 heteroatoms. The van der Waals surface area contributed by atoms with Crippen LogP contribution in [0.4, 0.5) is 16.2 Å². The first kappa shape index (κ1) is 17.7. The van der Waals surface area contributed by atoms with Gasteiger partial charge in [-0.3, -0.25) is 10.1 Å². The van der Waals surface area contributed by atoms with Crippen molar-refractivity contribution in [1.82, 2.24) is 0 Å². The molecule has 1 heterocycles. The summed E-state index contributed by atoms with van der Waals surface area (Å²) in [6.45, 7) is 2.05. The molecule has 0 radical (unpaired) electrons. The summed E-state index contributed by atoms with van der Waals surface area (Å²) in [5.74, 6) is -0.162. The second-order valence-electron chi connectivity index (χ2n) is 5.41. The highest BCUT2D eigenvalue weighted by molar-refractivity contribution is 7.12. The van der Waals surface area contributed by atoms with Crippen LogP contribution >= 0.6 is 11.3 Å². The van der Waals surface area contributed by atoms with Crippen LogP contribution in [0, 0.1) is 0 Å². The first-order valence-corrected chi connectivity index (χ1v) is 9.03. The summed E-state index contributed by atoms with van der Waals surface area (Å²) in [6.07, 6.45) is -0.504. The van der Waals surface area contributed by atoms with Gasteiger partial charge in [-0.15, -0.1) is 11.3 Å². The monoisotopic (exact) mass is 366 g/mol. The van der Waals surface area contributed by atoms with Crippen LogP contribution in [0.1, 0.15) is 16.6 Å². The van der Waals surface area contributed by atoms with Crippen LogP contribution in [0.25, 0.3) is 11.1 Å². The van der Waals surface area contributed by atoms with E-state index in [9.17, 15) is 9.59 Å². The van der Waals surface area contributed by atoms with Gasteiger partial charge in [-0.2, -0.15) is 0 Å². The summed E-state index contributed by atoms with van der Waals surface area (Å²) in [5.41, 5.74) is 3.17. The Morgan fingerprint density at radius 3 is 2.23 bits per heavy atom. The second-order valence-corrected chi connectivity index (χ2v) is 6.32. The van der Waals surface area contributed by atoms with Gasteiger partial charge in [-0.05, 0) is 48.2 Å². The van der Waals surface area contributed by atoms with E-state index in [1.54, 1.807) is 31.2 Å². The number of thiophene rings is 1. The Morgan fingerprint density at radius 2 is 1.58 bits per heavy atom. The fourth-order valence-corrected chi connectivity index (χ4v) is 3.25. The molecule has 0 saturated heterocycles. The Balaban J connectivity index is 1.69. The smallest absolute Gasteiger partial charge is 0.411 e. The van der Waals surface area contributed by atoms with Crippen molar-refractivity contribution in [2.75, 3.05) is 17.2 Å². The molecule has 0 aliphatic carbocycles. The highest BCUT2D eigenvalue weighted by Crippen LogP contribution is 2.29. The number of amides is 2. The van der Waals surface area contributed by atoms with Crippen molar-refractivity contribution in [2.24, 2.45) is 0 Å². The first-order chi connectivity index (χ1) is 12.7. The van der Waals surface area contributed by atoms with Crippen molar-refractivity contribution in [1.29, 1.82) is 0 Å². The highest BCUT2D eigenvalue weighted by atomic mass is 32.1. The van der Waals surface area contributed by atoms with Crippen LogP contribution in [0.5, 0.6) is 0 Å². The van der Waals surface area contributed by atoms with Gasteiger partial charge in [0.05, 0.1) is 11.5 Å². The summed E-state index contributed by atoms with van der Waals surface area (Å²) in [6, 6.07) is 18.6. The van der Waals surface area contributed by atoms with Gasteiger partial charge in [-0.1, -0.05) is 30.3 Å². The Hall–Kier alpha value is -3.12. The van der Waals surface area contributed by atoms with Gasteiger partial charge < -0.3 is 10.1 Å². The zero-order valence-electron chi connectivity index (χ0n) is 14.2. The predicted molar refractivity (Wildman–Crippen MR) is 105 cm³/mol. The number of rotatable bonds is 5. The van der Waals surface area contributed by atoms with Gasteiger partial charge in [0.25, 0.3) is 5.91 Å². The van der Waals surface area contributed by atoms with Gasteiger partial charge >= 0.3 is 6.09 Å². The molecule has 0 aliphatic heterocycles. The van der Waals surface area contributed by atoms with Crippen molar-refractivity contribution in [3.05, 3.63) is 70.9 Å². The van der Waals surface area contributed by atoms with E-state index < -0.39 is 6.09 Å². The molecule has 26 heavy (non-hydrogen) atoms. The van der Waals surface area contributed by atoms with Crippen molar-refractivity contribution in [3.8, 4) is 11.1 Å². The van der Waals surface area contributed by atoms with Crippen molar-refractivity contribution >= 4 is 34.7 Å². The Bertz CT molecular complexity index is 889. The van der Waals surface area contributed by atoms with Gasteiger partial charge in [0.2, 0.25) is 0 Å². The molecule has 0 unspecified atom stereocenters. The van der Waals surface area contributed by atoms with Crippen LogP contribution in [0.2, 0.25) is 0 Å². The lowest BCUT2D eigenvalue weighted by atomic mass is 10.1. The standard InChI is InChI=1S/C20H18N2O3S/c1-2-25-20(24)22-16-10-8-15(9-11-16)21-19(23)18-17(12-13-26-18)14-6-4-3-5-7-14/h3-13H,2H2,1H3,(H,21,23)(H,22,24). The Kier molecular flexibility index (Phi) is 5.66. The number of nitrogens with one attached hydrogen (secondary N) is 2. The molecule has 0 atom stereocenters. The van der Waals surface area contributed by atoms with Gasteiger partial charge in [0.15, 0.2) is 0 Å². The number of carbonyl (C=O) groups is 2. The summed E-state index contributed by atoms with van der Waals surface area (Å²) in [4.78, 5) is 24.7. The van der Waals surface area contributed by atoms with Gasteiger partial charge in [-0.25, -0.2) is 4.79 Å². The van der Waals surface area contributed by atoms with Crippen LogP contribution in [-0.4, -0.2) is 18.6 Å². The zero-order chi connectivity index (χ0) is 18.4. The molecule has 0 aliphatic rings. The summed E-state index contributed by atoms with van der Waals surface area (Å²) in [7, 11) is 0. The van der Waals surface area contributed by atoms with E-state index in [-0.39, 0.29) is 5.91 Å². The lowest BCUT2D eigenvalue weighted by Crippen LogP contribution is -2.14. The molecule has 2 N–H and O–H groups in total. The van der Waals surface area contributed by atoms with Crippen LogP contribution in [0.15, 0.2) is 66.0 Å². The van der Waals surface area contributed by atoms with E-state index in [2.05, 4.69) is 10.6 Å². The summed E-state index contributed by atoms with van der Waals surface area (Å²) < 4.78 is 4.83. The van der Waals surface area contributed by atoms with Gasteiger partial charge in [0.1, 0.15) is 0 Å². The number of benzene rings is 2. The minimum Gasteiger partial charge on any atom is -0.450 e. The zero-order valence-corrected chi connectivity index (χ0v) is 15.0. The Labute approximate surface area is 155 Å². The van der Waals surface area contributed by atoms with E-state index in [1.165, 1.54) is 11.3 Å². The van der Waals surface area contributed by atoms with Crippen molar-refractivity contribution < 1.29 is 14.3 Å². The molecule has 5 nitrogen and oxygen atoms in total. The molecule has 3 rings (SSSR count). The normalized spacial score (nSPS) is 10.2. The molecule has 3 aromatic rings. The molecule has 0 spiro atoms. The van der Waals surface area contributed by atoms with E-state index in [0.29, 0.717) is 22.9 Å². The van der Waals surface area contributed by atoms with Crippen LogP contribution in [-0.2, 0) is 4.74 Å². The quantitative estimate of drug-likeness (QED) is 0.649. The maximum absolute atomic E-state index is 12.6. The molecule has 1 aromatic heterocycles. The largest absolute Gasteiger partial charge is 0.450 e. The van der Waals surface area contributed by atoms with Crippen molar-refractivity contribution in [3.63, 3.8) is 0 Å². The molecular weight excluding hydrogens is 348 g/mol.